The molecular formula is C25H38O. The number of allylic oxidation sites excluding steroid dienone is 2. The van der Waals surface area contributed by atoms with E-state index in [-0.39, 0.29) is 0 Å². The van der Waals surface area contributed by atoms with E-state index in [9.17, 15) is 0 Å². The van der Waals surface area contributed by atoms with Gasteiger partial charge in [0.1, 0.15) is 5.75 Å². The van der Waals surface area contributed by atoms with Crippen LogP contribution >= 0.6 is 0 Å². The molecule has 0 aliphatic heterocycles. The van der Waals surface area contributed by atoms with E-state index in [2.05, 4.69) is 37.3 Å². The Morgan fingerprint density at radius 2 is 1.65 bits per heavy atom. The van der Waals surface area contributed by atoms with Gasteiger partial charge >= 0.3 is 0 Å². The summed E-state index contributed by atoms with van der Waals surface area (Å²) in [5.74, 6) is 4.03. The van der Waals surface area contributed by atoms with E-state index in [1.165, 1.54) is 76.2 Å². The van der Waals surface area contributed by atoms with Gasteiger partial charge in [-0.2, -0.15) is 0 Å². The molecule has 1 fully saturated rings. The molecule has 2 aliphatic carbocycles. The fourth-order valence-electron chi connectivity index (χ4n) is 5.14. The molecule has 0 radical (unpaired) electrons. The lowest BCUT2D eigenvalue weighted by atomic mass is 9.70. The van der Waals surface area contributed by atoms with Gasteiger partial charge in [-0.05, 0) is 87.3 Å². The summed E-state index contributed by atoms with van der Waals surface area (Å²) in [4.78, 5) is 0. The minimum Gasteiger partial charge on any atom is -0.494 e. The van der Waals surface area contributed by atoms with E-state index in [0.717, 1.165) is 30.1 Å². The van der Waals surface area contributed by atoms with E-state index < -0.39 is 0 Å². The maximum atomic E-state index is 5.53. The highest BCUT2D eigenvalue weighted by molar-refractivity contribution is 5.28. The number of ether oxygens (including phenoxy) is 1. The predicted octanol–water partition coefficient (Wildman–Crippen LogP) is 7.35. The van der Waals surface area contributed by atoms with Crippen LogP contribution in [0.5, 0.6) is 5.75 Å². The van der Waals surface area contributed by atoms with Gasteiger partial charge in [0.2, 0.25) is 0 Å². The van der Waals surface area contributed by atoms with Gasteiger partial charge in [-0.15, -0.1) is 0 Å². The second-order valence-corrected chi connectivity index (χ2v) is 8.54. The van der Waals surface area contributed by atoms with Crippen molar-refractivity contribution in [2.75, 3.05) is 6.61 Å². The molecule has 1 aromatic rings. The molecule has 2 aliphatic rings. The van der Waals surface area contributed by atoms with Crippen molar-refractivity contribution in [1.82, 2.24) is 0 Å². The summed E-state index contributed by atoms with van der Waals surface area (Å²) in [6.45, 7) is 5.12. The van der Waals surface area contributed by atoms with Gasteiger partial charge in [-0.1, -0.05) is 56.4 Å². The molecule has 0 aromatic heterocycles. The van der Waals surface area contributed by atoms with E-state index in [0.29, 0.717) is 0 Å². The zero-order valence-corrected chi connectivity index (χ0v) is 17.0. The van der Waals surface area contributed by atoms with Crippen molar-refractivity contribution < 1.29 is 4.74 Å². The molecule has 0 spiro atoms. The predicted molar refractivity (Wildman–Crippen MR) is 112 cm³/mol. The second kappa shape index (κ2) is 10.2. The molecule has 1 atom stereocenters. The topological polar surface area (TPSA) is 9.23 Å². The molecule has 3 rings (SSSR count). The van der Waals surface area contributed by atoms with Gasteiger partial charge in [0.15, 0.2) is 0 Å². The third-order valence-corrected chi connectivity index (χ3v) is 6.77. The number of aryl methyl sites for hydroxylation is 1. The Balaban J connectivity index is 1.40. The van der Waals surface area contributed by atoms with Gasteiger partial charge in [-0.25, -0.2) is 0 Å². The van der Waals surface area contributed by atoms with Crippen molar-refractivity contribution in [3.8, 4) is 5.75 Å². The molecule has 1 nitrogen and oxygen atoms in total. The Labute approximate surface area is 161 Å². The monoisotopic (exact) mass is 354 g/mol. The molecule has 0 bridgehead atoms. The first-order valence-electron chi connectivity index (χ1n) is 11.2. The molecule has 1 unspecified atom stereocenters. The smallest absolute Gasteiger partial charge is 0.119 e. The van der Waals surface area contributed by atoms with Crippen molar-refractivity contribution in [3.05, 3.63) is 41.5 Å². The summed E-state index contributed by atoms with van der Waals surface area (Å²) in [7, 11) is 0. The van der Waals surface area contributed by atoms with Crippen molar-refractivity contribution >= 4 is 0 Å². The first-order valence-corrected chi connectivity index (χ1v) is 11.2. The third-order valence-electron chi connectivity index (χ3n) is 6.77. The number of benzene rings is 1. The minimum atomic E-state index is 0.744. The van der Waals surface area contributed by atoms with Crippen LogP contribution in [0.3, 0.4) is 0 Å². The van der Waals surface area contributed by atoms with Crippen LogP contribution in [0.2, 0.25) is 0 Å². The quantitative estimate of drug-likeness (QED) is 0.443. The molecule has 0 heterocycles. The summed E-state index contributed by atoms with van der Waals surface area (Å²) in [6.07, 6.45) is 18.0. The third kappa shape index (κ3) is 5.63. The molecule has 1 aromatic carbocycles. The van der Waals surface area contributed by atoms with E-state index >= 15 is 0 Å². The van der Waals surface area contributed by atoms with Crippen LogP contribution in [0.25, 0.3) is 0 Å². The van der Waals surface area contributed by atoms with Crippen molar-refractivity contribution in [2.24, 2.45) is 17.8 Å². The van der Waals surface area contributed by atoms with Crippen LogP contribution in [0.15, 0.2) is 35.9 Å². The lowest BCUT2D eigenvalue weighted by Crippen LogP contribution is -2.23. The highest BCUT2D eigenvalue weighted by Crippen LogP contribution is 2.41. The second-order valence-electron chi connectivity index (χ2n) is 8.54. The van der Waals surface area contributed by atoms with Crippen LogP contribution < -0.4 is 4.74 Å². The van der Waals surface area contributed by atoms with Crippen molar-refractivity contribution in [3.63, 3.8) is 0 Å². The first-order chi connectivity index (χ1) is 12.8. The summed E-state index contributed by atoms with van der Waals surface area (Å²) >= 11 is 0. The molecule has 26 heavy (non-hydrogen) atoms. The standard InChI is InChI=1S/C25H38O/c1-3-5-20-8-14-23(15-9-20)24-16-10-21(11-17-24)6-7-22-12-18-25(19-13-22)26-4-2/h10,12-13,18-20,23-24H,3-9,11,14-17H2,1-2H3/t20-,23-,24?. The van der Waals surface area contributed by atoms with Gasteiger partial charge in [0.25, 0.3) is 0 Å². The van der Waals surface area contributed by atoms with Crippen molar-refractivity contribution in [1.29, 1.82) is 0 Å². The largest absolute Gasteiger partial charge is 0.494 e. The first kappa shape index (κ1) is 19.5. The van der Waals surface area contributed by atoms with Gasteiger partial charge in [-0.3, -0.25) is 0 Å². The van der Waals surface area contributed by atoms with Crippen molar-refractivity contribution in [2.45, 2.75) is 84.5 Å². The highest BCUT2D eigenvalue weighted by atomic mass is 16.5. The number of rotatable bonds is 8. The molecule has 0 amide bonds. The Bertz CT molecular complexity index is 548. The molecule has 0 saturated heterocycles. The number of hydrogen-bond donors (Lipinski definition) is 0. The Morgan fingerprint density at radius 1 is 0.885 bits per heavy atom. The fourth-order valence-corrected chi connectivity index (χ4v) is 5.14. The highest BCUT2D eigenvalue weighted by Gasteiger charge is 2.28. The zero-order valence-electron chi connectivity index (χ0n) is 17.0. The SMILES string of the molecule is CCC[C@H]1CC[C@H](C2CC=C(CCc3ccc(OCC)cc3)CC2)CC1. The van der Waals surface area contributed by atoms with Gasteiger partial charge < -0.3 is 4.74 Å². The molecule has 144 valence electrons. The zero-order chi connectivity index (χ0) is 18.2. The molecule has 1 saturated carbocycles. The lowest BCUT2D eigenvalue weighted by Gasteiger charge is -2.35. The average Bonchev–Trinajstić information content (AvgIpc) is 2.69. The normalized spacial score (nSPS) is 26.4. The van der Waals surface area contributed by atoms with Crippen LogP contribution in [0, 0.1) is 17.8 Å². The minimum absolute atomic E-state index is 0.744. The summed E-state index contributed by atoms with van der Waals surface area (Å²) in [5.41, 5.74) is 3.14. The van der Waals surface area contributed by atoms with Crippen LogP contribution in [-0.4, -0.2) is 6.61 Å². The van der Waals surface area contributed by atoms with Gasteiger partial charge in [0, 0.05) is 0 Å². The maximum Gasteiger partial charge on any atom is 0.119 e. The summed E-state index contributed by atoms with van der Waals surface area (Å²) in [5, 5.41) is 0. The van der Waals surface area contributed by atoms with E-state index in [1.807, 2.05) is 6.92 Å². The summed E-state index contributed by atoms with van der Waals surface area (Å²) in [6, 6.07) is 8.68. The van der Waals surface area contributed by atoms with Crippen LogP contribution in [-0.2, 0) is 6.42 Å². The maximum absolute atomic E-state index is 5.53. The molecule has 1 heteroatoms. The summed E-state index contributed by atoms with van der Waals surface area (Å²) < 4.78 is 5.53. The Hall–Kier alpha value is -1.24. The number of hydrogen-bond acceptors (Lipinski definition) is 1. The Morgan fingerprint density at radius 3 is 2.27 bits per heavy atom. The lowest BCUT2D eigenvalue weighted by molar-refractivity contribution is 0.186. The van der Waals surface area contributed by atoms with E-state index in [4.69, 9.17) is 4.74 Å². The molecule has 0 N–H and O–H groups in total. The Kier molecular flexibility index (Phi) is 7.65. The van der Waals surface area contributed by atoms with Gasteiger partial charge in [0.05, 0.1) is 6.61 Å². The van der Waals surface area contributed by atoms with E-state index in [1.54, 1.807) is 5.57 Å². The van der Waals surface area contributed by atoms with Crippen LogP contribution in [0.1, 0.15) is 83.6 Å². The average molecular weight is 355 g/mol. The fraction of sp³-hybridized carbons (Fsp3) is 0.680. The van der Waals surface area contributed by atoms with Crippen LogP contribution in [0.4, 0.5) is 0 Å². The molecular weight excluding hydrogens is 316 g/mol.